The lowest BCUT2D eigenvalue weighted by Gasteiger charge is -2.31. The summed E-state index contributed by atoms with van der Waals surface area (Å²) in [7, 11) is 1.79. The summed E-state index contributed by atoms with van der Waals surface area (Å²) in [5.41, 5.74) is 0.568. The standard InChI is InChI=1S/C14H21N3O3/c1-17-9-11(7-16-17)13(18)15-8-12-10-19-14(20-12)5-3-2-4-6-14/h7,9,12H,2-6,8,10H2,1H3,(H,15,18)/t12-/m1/s1. The van der Waals surface area contributed by atoms with Crippen LogP contribution in [0.25, 0.3) is 0 Å². The minimum absolute atomic E-state index is 0.0475. The molecular weight excluding hydrogens is 258 g/mol. The van der Waals surface area contributed by atoms with Gasteiger partial charge < -0.3 is 14.8 Å². The molecule has 1 atom stereocenters. The van der Waals surface area contributed by atoms with Crippen molar-refractivity contribution >= 4 is 5.91 Å². The normalized spacial score (nSPS) is 24.9. The lowest BCUT2D eigenvalue weighted by molar-refractivity contribution is -0.186. The molecule has 3 rings (SSSR count). The van der Waals surface area contributed by atoms with Crippen molar-refractivity contribution in [3.63, 3.8) is 0 Å². The van der Waals surface area contributed by atoms with E-state index in [1.807, 2.05) is 0 Å². The van der Waals surface area contributed by atoms with Crippen LogP contribution in [0.4, 0.5) is 0 Å². The van der Waals surface area contributed by atoms with E-state index in [9.17, 15) is 4.79 Å². The van der Waals surface area contributed by atoms with Gasteiger partial charge in [0.15, 0.2) is 5.79 Å². The zero-order valence-corrected chi connectivity index (χ0v) is 11.8. The van der Waals surface area contributed by atoms with Crippen molar-refractivity contribution in [2.75, 3.05) is 13.2 Å². The van der Waals surface area contributed by atoms with Crippen molar-refractivity contribution in [1.29, 1.82) is 0 Å². The lowest BCUT2D eigenvalue weighted by Crippen LogP contribution is -2.37. The van der Waals surface area contributed by atoms with Crippen LogP contribution in [0.5, 0.6) is 0 Å². The summed E-state index contributed by atoms with van der Waals surface area (Å²) in [6, 6.07) is 0. The second-order valence-corrected chi connectivity index (χ2v) is 5.63. The molecule has 2 aliphatic rings. The van der Waals surface area contributed by atoms with E-state index in [1.54, 1.807) is 24.1 Å². The fourth-order valence-electron chi connectivity index (χ4n) is 2.92. The van der Waals surface area contributed by atoms with E-state index in [-0.39, 0.29) is 17.8 Å². The van der Waals surface area contributed by atoms with Gasteiger partial charge in [0, 0.05) is 32.6 Å². The fourth-order valence-corrected chi connectivity index (χ4v) is 2.92. The quantitative estimate of drug-likeness (QED) is 0.903. The Balaban J connectivity index is 1.49. The van der Waals surface area contributed by atoms with Gasteiger partial charge in [-0.05, 0) is 12.8 Å². The van der Waals surface area contributed by atoms with Crippen molar-refractivity contribution in [2.45, 2.75) is 44.0 Å². The topological polar surface area (TPSA) is 65.4 Å². The number of amides is 1. The summed E-state index contributed by atoms with van der Waals surface area (Å²) >= 11 is 0. The number of ether oxygens (including phenoxy) is 2. The molecule has 0 radical (unpaired) electrons. The number of aryl methyl sites for hydroxylation is 1. The van der Waals surface area contributed by atoms with Gasteiger partial charge in [-0.15, -0.1) is 0 Å². The molecule has 1 aliphatic carbocycles. The van der Waals surface area contributed by atoms with Crippen LogP contribution >= 0.6 is 0 Å². The van der Waals surface area contributed by atoms with Crippen LogP contribution in [-0.4, -0.2) is 40.7 Å². The Morgan fingerprint density at radius 2 is 2.30 bits per heavy atom. The highest BCUT2D eigenvalue weighted by molar-refractivity contribution is 5.93. The first-order valence-electron chi connectivity index (χ1n) is 7.25. The fraction of sp³-hybridized carbons (Fsp3) is 0.714. The van der Waals surface area contributed by atoms with Crippen LogP contribution < -0.4 is 5.32 Å². The number of hydrogen-bond donors (Lipinski definition) is 1. The van der Waals surface area contributed by atoms with Crippen LogP contribution in [0.2, 0.25) is 0 Å². The second-order valence-electron chi connectivity index (χ2n) is 5.63. The third-order valence-electron chi connectivity index (χ3n) is 3.99. The number of nitrogens with zero attached hydrogens (tertiary/aromatic N) is 2. The van der Waals surface area contributed by atoms with Gasteiger partial charge in [-0.3, -0.25) is 9.48 Å². The molecule has 1 spiro atoms. The summed E-state index contributed by atoms with van der Waals surface area (Å²) in [6.07, 6.45) is 8.74. The molecule has 1 aliphatic heterocycles. The van der Waals surface area contributed by atoms with Gasteiger partial charge in [0.05, 0.1) is 18.4 Å². The van der Waals surface area contributed by atoms with Gasteiger partial charge in [0.1, 0.15) is 6.10 Å². The van der Waals surface area contributed by atoms with E-state index in [0.717, 1.165) is 25.7 Å². The van der Waals surface area contributed by atoms with Gasteiger partial charge in [0.2, 0.25) is 0 Å². The molecular formula is C14H21N3O3. The molecule has 1 saturated heterocycles. The van der Waals surface area contributed by atoms with Crippen molar-refractivity contribution in [3.05, 3.63) is 18.0 Å². The summed E-state index contributed by atoms with van der Waals surface area (Å²) in [5, 5.41) is 6.86. The molecule has 2 fully saturated rings. The Labute approximate surface area is 118 Å². The Hall–Kier alpha value is -1.40. The molecule has 1 aromatic heterocycles. The number of nitrogens with one attached hydrogen (secondary N) is 1. The van der Waals surface area contributed by atoms with Crippen molar-refractivity contribution in [3.8, 4) is 0 Å². The first kappa shape index (κ1) is 13.6. The van der Waals surface area contributed by atoms with Crippen LogP contribution in [0, 0.1) is 0 Å². The van der Waals surface area contributed by atoms with Crippen molar-refractivity contribution in [1.82, 2.24) is 15.1 Å². The largest absolute Gasteiger partial charge is 0.349 e. The highest BCUT2D eigenvalue weighted by atomic mass is 16.7. The van der Waals surface area contributed by atoms with Gasteiger partial charge in [-0.2, -0.15) is 5.10 Å². The number of rotatable bonds is 3. The molecule has 2 heterocycles. The zero-order valence-electron chi connectivity index (χ0n) is 11.8. The highest BCUT2D eigenvalue weighted by Gasteiger charge is 2.42. The molecule has 1 aromatic rings. The predicted molar refractivity (Wildman–Crippen MR) is 72.2 cm³/mol. The molecule has 1 N–H and O–H groups in total. The maximum absolute atomic E-state index is 11.9. The number of aromatic nitrogens is 2. The van der Waals surface area contributed by atoms with Gasteiger partial charge in [-0.1, -0.05) is 6.42 Å². The second kappa shape index (κ2) is 5.54. The maximum Gasteiger partial charge on any atom is 0.254 e. The summed E-state index contributed by atoms with van der Waals surface area (Å²) in [4.78, 5) is 11.9. The minimum atomic E-state index is -0.373. The van der Waals surface area contributed by atoms with E-state index in [1.165, 1.54) is 6.42 Å². The molecule has 0 unspecified atom stereocenters. The first-order valence-corrected chi connectivity index (χ1v) is 7.25. The molecule has 110 valence electrons. The Bertz CT molecular complexity index is 480. The number of carbonyl (C=O) groups is 1. The van der Waals surface area contributed by atoms with E-state index in [2.05, 4.69) is 10.4 Å². The van der Waals surface area contributed by atoms with E-state index in [0.29, 0.717) is 18.7 Å². The van der Waals surface area contributed by atoms with Crippen molar-refractivity contribution < 1.29 is 14.3 Å². The molecule has 0 aromatic carbocycles. The summed E-state index contributed by atoms with van der Waals surface area (Å²) in [6.45, 7) is 1.04. The SMILES string of the molecule is Cn1cc(C(=O)NC[C@@H]2COC3(CCCCC3)O2)cn1. The molecule has 20 heavy (non-hydrogen) atoms. The maximum atomic E-state index is 11.9. The molecule has 6 nitrogen and oxygen atoms in total. The predicted octanol–water partition coefficient (Wildman–Crippen LogP) is 1.23. The van der Waals surface area contributed by atoms with Crippen LogP contribution in [0.15, 0.2) is 12.4 Å². The van der Waals surface area contributed by atoms with Gasteiger partial charge in [0.25, 0.3) is 5.91 Å². The Morgan fingerprint density at radius 1 is 1.50 bits per heavy atom. The summed E-state index contributed by atoms with van der Waals surface area (Å²) < 4.78 is 13.5. The third-order valence-corrected chi connectivity index (χ3v) is 3.99. The lowest BCUT2D eigenvalue weighted by atomic mass is 9.94. The average molecular weight is 279 g/mol. The third kappa shape index (κ3) is 2.86. The average Bonchev–Trinajstić information content (AvgIpc) is 3.05. The Morgan fingerprint density at radius 3 is 3.00 bits per heavy atom. The van der Waals surface area contributed by atoms with Gasteiger partial charge in [-0.25, -0.2) is 0 Å². The van der Waals surface area contributed by atoms with E-state index < -0.39 is 0 Å². The van der Waals surface area contributed by atoms with Crippen molar-refractivity contribution in [2.24, 2.45) is 7.05 Å². The summed E-state index contributed by atoms with van der Waals surface area (Å²) in [5.74, 6) is -0.492. The minimum Gasteiger partial charge on any atom is -0.349 e. The van der Waals surface area contributed by atoms with Gasteiger partial charge >= 0.3 is 0 Å². The smallest absolute Gasteiger partial charge is 0.254 e. The molecule has 1 saturated carbocycles. The molecule has 0 bridgehead atoms. The number of hydrogen-bond acceptors (Lipinski definition) is 4. The molecule has 1 amide bonds. The highest BCUT2D eigenvalue weighted by Crippen LogP contribution is 2.37. The monoisotopic (exact) mass is 279 g/mol. The number of carbonyl (C=O) groups excluding carboxylic acids is 1. The first-order chi connectivity index (χ1) is 9.67. The molecule has 6 heteroatoms. The van der Waals surface area contributed by atoms with Crippen LogP contribution in [0.3, 0.4) is 0 Å². The van der Waals surface area contributed by atoms with Crippen LogP contribution in [-0.2, 0) is 16.5 Å². The zero-order chi connectivity index (χ0) is 14.0. The van der Waals surface area contributed by atoms with Crippen LogP contribution in [0.1, 0.15) is 42.5 Å². The van der Waals surface area contributed by atoms with E-state index >= 15 is 0 Å². The van der Waals surface area contributed by atoms with E-state index in [4.69, 9.17) is 9.47 Å². The Kier molecular flexibility index (Phi) is 3.76.